The fraction of sp³-hybridized carbons (Fsp3) is 0.682. The molecule has 2 unspecified atom stereocenters. The van der Waals surface area contributed by atoms with E-state index < -0.39 is 0 Å². The van der Waals surface area contributed by atoms with Gasteiger partial charge in [0.2, 0.25) is 0 Å². The minimum Gasteiger partial charge on any atom is -0.441 e. The molecule has 0 aromatic heterocycles. The molecule has 5 heteroatoms. The van der Waals surface area contributed by atoms with Gasteiger partial charge in [0.05, 0.1) is 0 Å². The van der Waals surface area contributed by atoms with Crippen LogP contribution in [0.25, 0.3) is 0 Å². The fourth-order valence-corrected chi connectivity index (χ4v) is 4.23. The zero-order valence-electron chi connectivity index (χ0n) is 17.2. The van der Waals surface area contributed by atoms with Crippen LogP contribution in [0.15, 0.2) is 24.3 Å². The van der Waals surface area contributed by atoms with Crippen molar-refractivity contribution in [1.82, 2.24) is 10.2 Å². The van der Waals surface area contributed by atoms with Crippen molar-refractivity contribution in [3.8, 4) is 0 Å². The number of nitrogens with two attached hydrogens (primary N) is 1. The summed E-state index contributed by atoms with van der Waals surface area (Å²) < 4.78 is 6.19. The maximum absolute atomic E-state index is 12.9. The lowest BCUT2D eigenvalue weighted by atomic mass is 9.72. The molecule has 2 aliphatic rings. The molecule has 5 nitrogen and oxygen atoms in total. The first kappa shape index (κ1) is 20.2. The summed E-state index contributed by atoms with van der Waals surface area (Å²) in [6, 6.07) is 8.32. The van der Waals surface area contributed by atoms with Gasteiger partial charge in [-0.1, -0.05) is 45.0 Å². The third-order valence-electron chi connectivity index (χ3n) is 5.85. The Kier molecular flexibility index (Phi) is 6.11. The Morgan fingerprint density at radius 1 is 1.15 bits per heavy atom. The van der Waals surface area contributed by atoms with Crippen LogP contribution < -0.4 is 11.1 Å². The lowest BCUT2D eigenvalue weighted by Crippen LogP contribution is -2.47. The Hall–Kier alpha value is -1.59. The molecule has 2 fully saturated rings. The molecule has 1 saturated carbocycles. The number of piperazine rings is 1. The molecule has 0 bridgehead atoms. The molecule has 1 aliphatic carbocycles. The van der Waals surface area contributed by atoms with Crippen molar-refractivity contribution in [2.75, 3.05) is 26.2 Å². The number of nitrogens with one attached hydrogen (secondary N) is 1. The van der Waals surface area contributed by atoms with Gasteiger partial charge in [-0.05, 0) is 42.2 Å². The van der Waals surface area contributed by atoms with E-state index in [-0.39, 0.29) is 23.7 Å². The third kappa shape index (κ3) is 5.02. The molecule has 3 rings (SSSR count). The number of hydrogen-bond donors (Lipinski definition) is 2. The van der Waals surface area contributed by atoms with Crippen molar-refractivity contribution < 1.29 is 9.53 Å². The fourth-order valence-electron chi connectivity index (χ4n) is 4.23. The second-order valence-electron chi connectivity index (χ2n) is 9.23. The van der Waals surface area contributed by atoms with E-state index in [1.54, 1.807) is 0 Å². The Morgan fingerprint density at radius 2 is 1.70 bits per heavy atom. The van der Waals surface area contributed by atoms with E-state index in [0.29, 0.717) is 24.9 Å². The Morgan fingerprint density at radius 3 is 2.19 bits per heavy atom. The van der Waals surface area contributed by atoms with Gasteiger partial charge in [0.15, 0.2) is 0 Å². The Labute approximate surface area is 163 Å². The summed E-state index contributed by atoms with van der Waals surface area (Å²) in [6.07, 6.45) is 2.04. The molecule has 3 atom stereocenters. The molecule has 27 heavy (non-hydrogen) atoms. The SMILES string of the molecule is C[C@H](N)c1ccc(C(OC(=O)N2CCNCC2)C(C2CC2)C(C)(C)C)cc1. The molecule has 0 radical (unpaired) electrons. The summed E-state index contributed by atoms with van der Waals surface area (Å²) in [5.74, 6) is 0.935. The molecule has 1 heterocycles. The molecule has 0 spiro atoms. The number of hydrogen-bond acceptors (Lipinski definition) is 4. The van der Waals surface area contributed by atoms with Crippen LogP contribution in [-0.4, -0.2) is 37.2 Å². The van der Waals surface area contributed by atoms with Crippen molar-refractivity contribution >= 4 is 6.09 Å². The van der Waals surface area contributed by atoms with Gasteiger partial charge < -0.3 is 20.7 Å². The van der Waals surface area contributed by atoms with Crippen molar-refractivity contribution in [1.29, 1.82) is 0 Å². The highest BCUT2D eigenvalue weighted by Crippen LogP contribution is 2.52. The van der Waals surface area contributed by atoms with Crippen LogP contribution >= 0.6 is 0 Å². The maximum atomic E-state index is 12.9. The molecule has 1 saturated heterocycles. The van der Waals surface area contributed by atoms with Crippen molar-refractivity contribution in [3.05, 3.63) is 35.4 Å². The summed E-state index contributed by atoms with van der Waals surface area (Å²) in [5.41, 5.74) is 8.25. The number of rotatable bonds is 5. The van der Waals surface area contributed by atoms with Gasteiger partial charge in [0.25, 0.3) is 0 Å². The first-order valence-electron chi connectivity index (χ1n) is 10.3. The summed E-state index contributed by atoms with van der Waals surface area (Å²) in [4.78, 5) is 14.7. The van der Waals surface area contributed by atoms with Crippen LogP contribution in [0.3, 0.4) is 0 Å². The minimum absolute atomic E-state index is 0.00254. The highest BCUT2D eigenvalue weighted by atomic mass is 16.6. The average Bonchev–Trinajstić information content (AvgIpc) is 3.45. The highest BCUT2D eigenvalue weighted by Gasteiger charge is 2.46. The Bertz CT molecular complexity index is 626. The van der Waals surface area contributed by atoms with E-state index in [1.807, 2.05) is 11.8 Å². The first-order chi connectivity index (χ1) is 12.8. The monoisotopic (exact) mass is 373 g/mol. The third-order valence-corrected chi connectivity index (χ3v) is 5.85. The number of ether oxygens (including phenoxy) is 1. The highest BCUT2D eigenvalue weighted by molar-refractivity contribution is 5.68. The zero-order chi connectivity index (χ0) is 19.6. The van der Waals surface area contributed by atoms with E-state index in [1.165, 1.54) is 12.8 Å². The van der Waals surface area contributed by atoms with Crippen LogP contribution in [0, 0.1) is 17.3 Å². The lowest BCUT2D eigenvalue weighted by Gasteiger charge is -2.38. The molecular formula is C22H35N3O2. The summed E-state index contributed by atoms with van der Waals surface area (Å²) in [7, 11) is 0. The lowest BCUT2D eigenvalue weighted by molar-refractivity contribution is -0.0101. The molecule has 1 aromatic carbocycles. The molecule has 1 aliphatic heterocycles. The molecule has 1 amide bonds. The average molecular weight is 374 g/mol. The van der Waals surface area contributed by atoms with Crippen LogP contribution in [0.2, 0.25) is 0 Å². The largest absolute Gasteiger partial charge is 0.441 e. The zero-order valence-corrected chi connectivity index (χ0v) is 17.2. The van der Waals surface area contributed by atoms with Crippen molar-refractivity contribution in [3.63, 3.8) is 0 Å². The summed E-state index contributed by atoms with van der Waals surface area (Å²) in [6.45, 7) is 11.8. The minimum atomic E-state index is -0.220. The number of nitrogens with zero attached hydrogens (tertiary/aromatic N) is 1. The van der Waals surface area contributed by atoms with Gasteiger partial charge in [-0.3, -0.25) is 0 Å². The van der Waals surface area contributed by atoms with Gasteiger partial charge in [-0.2, -0.15) is 0 Å². The first-order valence-corrected chi connectivity index (χ1v) is 10.3. The van der Waals surface area contributed by atoms with Crippen LogP contribution in [0.4, 0.5) is 4.79 Å². The number of amides is 1. The van der Waals surface area contributed by atoms with E-state index in [9.17, 15) is 4.79 Å². The maximum Gasteiger partial charge on any atom is 0.410 e. The molecule has 1 aromatic rings. The number of carbonyl (C=O) groups is 1. The molecule has 3 N–H and O–H groups in total. The van der Waals surface area contributed by atoms with Crippen LogP contribution in [0.5, 0.6) is 0 Å². The van der Waals surface area contributed by atoms with E-state index >= 15 is 0 Å². The second kappa shape index (κ2) is 8.19. The van der Waals surface area contributed by atoms with Gasteiger partial charge in [0.1, 0.15) is 6.10 Å². The van der Waals surface area contributed by atoms with E-state index in [0.717, 1.165) is 24.2 Å². The number of carbonyl (C=O) groups excluding carboxylic acids is 1. The normalized spacial score (nSPS) is 21.4. The number of benzene rings is 1. The van der Waals surface area contributed by atoms with Gasteiger partial charge in [-0.25, -0.2) is 4.79 Å². The summed E-state index contributed by atoms with van der Waals surface area (Å²) >= 11 is 0. The predicted octanol–water partition coefficient (Wildman–Crippen LogP) is 3.86. The second-order valence-corrected chi connectivity index (χ2v) is 9.23. The molecular weight excluding hydrogens is 338 g/mol. The van der Waals surface area contributed by atoms with E-state index in [2.05, 4.69) is 50.4 Å². The van der Waals surface area contributed by atoms with Crippen molar-refractivity contribution in [2.45, 2.75) is 52.7 Å². The quantitative estimate of drug-likeness (QED) is 0.822. The van der Waals surface area contributed by atoms with E-state index in [4.69, 9.17) is 10.5 Å². The van der Waals surface area contributed by atoms with Gasteiger partial charge in [0, 0.05) is 38.1 Å². The topological polar surface area (TPSA) is 67.6 Å². The van der Waals surface area contributed by atoms with Crippen LogP contribution in [0.1, 0.15) is 63.8 Å². The Balaban J connectivity index is 1.86. The van der Waals surface area contributed by atoms with Gasteiger partial charge in [-0.15, -0.1) is 0 Å². The standard InChI is InChI=1S/C22H35N3O2/c1-15(23)16-5-9-18(10-6-16)20(19(17-7-8-17)22(2,3)4)27-21(26)25-13-11-24-12-14-25/h5-6,9-10,15,17,19-20,24H,7-8,11-14,23H2,1-4H3/t15-,19?,20?/m0/s1. The summed E-state index contributed by atoms with van der Waals surface area (Å²) in [5, 5.41) is 3.29. The smallest absolute Gasteiger partial charge is 0.410 e. The van der Waals surface area contributed by atoms with Crippen molar-refractivity contribution in [2.24, 2.45) is 23.0 Å². The van der Waals surface area contributed by atoms with Crippen LogP contribution in [-0.2, 0) is 4.74 Å². The predicted molar refractivity (Wildman–Crippen MR) is 108 cm³/mol. The van der Waals surface area contributed by atoms with Gasteiger partial charge >= 0.3 is 6.09 Å². The molecule has 150 valence electrons.